The van der Waals surface area contributed by atoms with Gasteiger partial charge in [-0.2, -0.15) is 0 Å². The molecule has 0 aliphatic carbocycles. The van der Waals surface area contributed by atoms with E-state index in [9.17, 15) is 9.18 Å². The van der Waals surface area contributed by atoms with Gasteiger partial charge in [-0.25, -0.2) is 4.39 Å². The molecule has 0 bridgehead atoms. The Morgan fingerprint density at radius 2 is 2.05 bits per heavy atom. The van der Waals surface area contributed by atoms with E-state index in [0.717, 1.165) is 5.56 Å². The fourth-order valence-electron chi connectivity index (χ4n) is 2.47. The van der Waals surface area contributed by atoms with Crippen LogP contribution in [0.3, 0.4) is 0 Å². The molecular formula is C14H20FN3O. The number of primary amides is 1. The second kappa shape index (κ2) is 5.57. The van der Waals surface area contributed by atoms with Crippen LogP contribution >= 0.6 is 0 Å². The van der Waals surface area contributed by atoms with Crippen LogP contribution in [0.25, 0.3) is 0 Å². The van der Waals surface area contributed by atoms with Gasteiger partial charge in [0, 0.05) is 25.0 Å². The Balaban J connectivity index is 2.09. The molecule has 0 saturated carbocycles. The van der Waals surface area contributed by atoms with Crippen molar-refractivity contribution in [1.82, 2.24) is 0 Å². The molecule has 19 heavy (non-hydrogen) atoms. The lowest BCUT2D eigenvalue weighted by atomic mass is 9.95. The maximum atomic E-state index is 14.1. The predicted molar refractivity (Wildman–Crippen MR) is 73.1 cm³/mol. The molecule has 1 aromatic carbocycles. The Hall–Kier alpha value is -1.62. The minimum atomic E-state index is -0.257. The molecule has 1 atom stereocenters. The third-order valence-electron chi connectivity index (χ3n) is 3.74. The first kappa shape index (κ1) is 13.8. The van der Waals surface area contributed by atoms with Crippen LogP contribution < -0.4 is 16.4 Å². The fraction of sp³-hybridized carbons (Fsp3) is 0.500. The van der Waals surface area contributed by atoms with Crippen molar-refractivity contribution in [2.45, 2.75) is 25.8 Å². The number of benzene rings is 1. The van der Waals surface area contributed by atoms with E-state index in [2.05, 4.69) is 0 Å². The van der Waals surface area contributed by atoms with Gasteiger partial charge in [-0.05, 0) is 37.5 Å². The molecule has 4 nitrogen and oxygen atoms in total. The third kappa shape index (κ3) is 3.04. The van der Waals surface area contributed by atoms with Crippen LogP contribution in [0.5, 0.6) is 0 Å². The topological polar surface area (TPSA) is 72.3 Å². The summed E-state index contributed by atoms with van der Waals surface area (Å²) in [5.41, 5.74) is 12.4. The Bertz CT molecular complexity index is 468. The Labute approximate surface area is 112 Å². The second-order valence-electron chi connectivity index (χ2n) is 5.16. The van der Waals surface area contributed by atoms with Crippen molar-refractivity contribution in [3.8, 4) is 0 Å². The lowest BCUT2D eigenvalue weighted by molar-refractivity contribution is -0.122. The van der Waals surface area contributed by atoms with Gasteiger partial charge in [0.1, 0.15) is 5.82 Å². The van der Waals surface area contributed by atoms with Crippen LogP contribution in [0.4, 0.5) is 10.1 Å². The molecule has 0 radical (unpaired) electrons. The minimum absolute atomic E-state index is 0.0809. The summed E-state index contributed by atoms with van der Waals surface area (Å²) in [5.74, 6) is -0.595. The molecule has 1 aliphatic heterocycles. The Kier molecular flexibility index (Phi) is 4.04. The van der Waals surface area contributed by atoms with Crippen molar-refractivity contribution in [2.24, 2.45) is 17.4 Å². The SMILES string of the molecule is C[C@H](N)c1ccc(N2CCC(C(N)=O)CC2)c(F)c1. The molecule has 0 aromatic heterocycles. The monoisotopic (exact) mass is 265 g/mol. The van der Waals surface area contributed by atoms with Gasteiger partial charge in [0.05, 0.1) is 5.69 Å². The summed E-state index contributed by atoms with van der Waals surface area (Å²) in [6.45, 7) is 3.14. The van der Waals surface area contributed by atoms with E-state index in [1.807, 2.05) is 17.9 Å². The molecule has 2 rings (SSSR count). The number of amides is 1. The number of nitrogens with zero attached hydrogens (tertiary/aromatic N) is 1. The van der Waals surface area contributed by atoms with E-state index < -0.39 is 0 Å². The van der Waals surface area contributed by atoms with E-state index in [1.54, 1.807) is 6.07 Å². The lowest BCUT2D eigenvalue weighted by Crippen LogP contribution is -2.38. The average molecular weight is 265 g/mol. The fourth-order valence-corrected chi connectivity index (χ4v) is 2.47. The minimum Gasteiger partial charge on any atom is -0.369 e. The highest BCUT2D eigenvalue weighted by Crippen LogP contribution is 2.27. The zero-order valence-corrected chi connectivity index (χ0v) is 11.1. The normalized spacial score (nSPS) is 18.4. The number of anilines is 1. The number of rotatable bonds is 3. The second-order valence-corrected chi connectivity index (χ2v) is 5.16. The molecule has 1 amide bonds. The van der Waals surface area contributed by atoms with Gasteiger partial charge in [-0.15, -0.1) is 0 Å². The van der Waals surface area contributed by atoms with Crippen LogP contribution in [0.1, 0.15) is 31.4 Å². The van der Waals surface area contributed by atoms with Gasteiger partial charge < -0.3 is 16.4 Å². The van der Waals surface area contributed by atoms with E-state index >= 15 is 0 Å². The lowest BCUT2D eigenvalue weighted by Gasteiger charge is -2.32. The molecule has 1 aromatic rings. The zero-order chi connectivity index (χ0) is 14.0. The van der Waals surface area contributed by atoms with Crippen molar-refractivity contribution in [1.29, 1.82) is 0 Å². The quantitative estimate of drug-likeness (QED) is 0.871. The van der Waals surface area contributed by atoms with Crippen LogP contribution in [0.2, 0.25) is 0 Å². The number of piperidine rings is 1. The van der Waals surface area contributed by atoms with Gasteiger partial charge in [-0.3, -0.25) is 4.79 Å². The Morgan fingerprint density at radius 1 is 1.42 bits per heavy atom. The Morgan fingerprint density at radius 3 is 2.53 bits per heavy atom. The first-order chi connectivity index (χ1) is 8.99. The molecule has 5 heteroatoms. The summed E-state index contributed by atoms with van der Waals surface area (Å²) in [4.78, 5) is 13.1. The number of nitrogens with two attached hydrogens (primary N) is 2. The largest absolute Gasteiger partial charge is 0.369 e. The van der Waals surface area contributed by atoms with Gasteiger partial charge in [-0.1, -0.05) is 6.07 Å². The van der Waals surface area contributed by atoms with Crippen LogP contribution in [-0.4, -0.2) is 19.0 Å². The van der Waals surface area contributed by atoms with Crippen molar-refractivity contribution in [2.75, 3.05) is 18.0 Å². The summed E-state index contributed by atoms with van der Waals surface area (Å²) < 4.78 is 14.1. The van der Waals surface area contributed by atoms with Crippen molar-refractivity contribution < 1.29 is 9.18 Å². The molecular weight excluding hydrogens is 245 g/mol. The molecule has 1 heterocycles. The third-order valence-corrected chi connectivity index (χ3v) is 3.74. The highest BCUT2D eigenvalue weighted by Gasteiger charge is 2.24. The van der Waals surface area contributed by atoms with Gasteiger partial charge >= 0.3 is 0 Å². The highest BCUT2D eigenvalue weighted by atomic mass is 19.1. The number of carbonyl (C=O) groups is 1. The summed E-state index contributed by atoms with van der Waals surface area (Å²) in [6.07, 6.45) is 1.37. The molecule has 0 unspecified atom stereocenters. The number of carbonyl (C=O) groups excluding carboxylic acids is 1. The van der Waals surface area contributed by atoms with E-state index in [1.165, 1.54) is 6.07 Å². The van der Waals surface area contributed by atoms with Gasteiger partial charge in [0.25, 0.3) is 0 Å². The summed E-state index contributed by atoms with van der Waals surface area (Å²) in [5, 5.41) is 0. The number of hydrogen-bond acceptors (Lipinski definition) is 3. The maximum Gasteiger partial charge on any atom is 0.220 e. The van der Waals surface area contributed by atoms with Crippen molar-refractivity contribution in [3.05, 3.63) is 29.6 Å². The standard InChI is InChI=1S/C14H20FN3O/c1-9(16)11-2-3-13(12(15)8-11)18-6-4-10(5-7-18)14(17)19/h2-3,8-10H,4-7,16H2,1H3,(H2,17,19)/t9-/m0/s1. The van der Waals surface area contributed by atoms with Crippen molar-refractivity contribution >= 4 is 11.6 Å². The summed E-state index contributed by atoms with van der Waals surface area (Å²) in [7, 11) is 0. The van der Waals surface area contributed by atoms with E-state index in [4.69, 9.17) is 11.5 Å². The molecule has 1 aliphatic rings. The molecule has 104 valence electrons. The van der Waals surface area contributed by atoms with E-state index in [-0.39, 0.29) is 23.7 Å². The van der Waals surface area contributed by atoms with Crippen LogP contribution in [0.15, 0.2) is 18.2 Å². The van der Waals surface area contributed by atoms with Gasteiger partial charge in [0.15, 0.2) is 0 Å². The molecule has 1 saturated heterocycles. The van der Waals surface area contributed by atoms with Crippen LogP contribution in [0, 0.1) is 11.7 Å². The predicted octanol–water partition coefficient (Wildman–Crippen LogP) is 1.55. The van der Waals surface area contributed by atoms with E-state index in [0.29, 0.717) is 31.6 Å². The smallest absolute Gasteiger partial charge is 0.220 e. The zero-order valence-electron chi connectivity index (χ0n) is 11.1. The van der Waals surface area contributed by atoms with Crippen molar-refractivity contribution in [3.63, 3.8) is 0 Å². The highest BCUT2D eigenvalue weighted by molar-refractivity contribution is 5.77. The molecule has 0 spiro atoms. The van der Waals surface area contributed by atoms with Gasteiger partial charge in [0.2, 0.25) is 5.91 Å². The summed E-state index contributed by atoms with van der Waals surface area (Å²) >= 11 is 0. The average Bonchev–Trinajstić information content (AvgIpc) is 2.38. The molecule has 4 N–H and O–H groups in total. The molecule has 1 fully saturated rings. The first-order valence-corrected chi connectivity index (χ1v) is 6.58. The summed E-state index contributed by atoms with van der Waals surface area (Å²) in [6, 6.07) is 4.92. The number of hydrogen-bond donors (Lipinski definition) is 2. The number of halogens is 1. The van der Waals surface area contributed by atoms with Crippen LogP contribution in [-0.2, 0) is 4.79 Å². The maximum absolute atomic E-state index is 14.1. The first-order valence-electron chi connectivity index (χ1n) is 6.58.